The van der Waals surface area contributed by atoms with Gasteiger partial charge in [0, 0.05) is 31.0 Å². The molecule has 274 valence electrons. The van der Waals surface area contributed by atoms with E-state index >= 15 is 0 Å². The molecule has 1 fully saturated rings. The first-order valence-corrected chi connectivity index (χ1v) is 19.5. The van der Waals surface area contributed by atoms with Gasteiger partial charge in [-0.25, -0.2) is 13.4 Å². The Morgan fingerprint density at radius 2 is 1.76 bits per heavy atom. The van der Waals surface area contributed by atoms with Gasteiger partial charge in [0.2, 0.25) is 21.8 Å². The van der Waals surface area contributed by atoms with Gasteiger partial charge in [-0.05, 0) is 66.0 Å². The van der Waals surface area contributed by atoms with Crippen LogP contribution in [0.4, 0.5) is 5.13 Å². The van der Waals surface area contributed by atoms with Crippen molar-refractivity contribution in [2.45, 2.75) is 82.5 Å². The summed E-state index contributed by atoms with van der Waals surface area (Å²) in [6.07, 6.45) is 4.21. The van der Waals surface area contributed by atoms with Crippen LogP contribution in [0, 0.1) is 11.3 Å². The highest BCUT2D eigenvalue weighted by Gasteiger charge is 2.45. The number of nitrogen functional groups attached to an aromatic ring is 1. The number of nitrogens with zero attached hydrogens (tertiary/aromatic N) is 3. The quantitative estimate of drug-likeness (QED) is 0.114. The van der Waals surface area contributed by atoms with Gasteiger partial charge in [0.1, 0.15) is 6.04 Å². The standard InChI is InChI=1S/C37H49N7O5S2/c1-24(2)22-44(51(48,49)27-13-14-28-31(19-27)50-35(38)42-28)23-30(45)29(18-25-10-7-6-8-11-25)41-34(47)33(36(3,4)5)43-32(46)21-40-37(15-16-37)26-12-9-17-39-20-26/h6-14,17,19-20,24,29-30,33,40,45H,15-16,18,21-23H2,1-5H3,(H2,38,42)(H,41,47)(H,43,46). The van der Waals surface area contributed by atoms with Crippen molar-refractivity contribution in [1.29, 1.82) is 0 Å². The van der Waals surface area contributed by atoms with E-state index in [2.05, 4.69) is 25.9 Å². The van der Waals surface area contributed by atoms with Crippen LogP contribution in [0.3, 0.4) is 0 Å². The fraction of sp³-hybridized carbons (Fsp3) is 0.459. The summed E-state index contributed by atoms with van der Waals surface area (Å²) in [6.45, 7) is 9.25. The number of anilines is 1. The first kappa shape index (κ1) is 38.3. The monoisotopic (exact) mass is 735 g/mol. The average molecular weight is 736 g/mol. The molecule has 0 aliphatic heterocycles. The minimum absolute atomic E-state index is 0.00671. The van der Waals surface area contributed by atoms with Crippen LogP contribution in [0.15, 0.2) is 78.0 Å². The molecule has 5 rings (SSSR count). The van der Waals surface area contributed by atoms with E-state index in [1.165, 1.54) is 21.7 Å². The van der Waals surface area contributed by atoms with Crippen molar-refractivity contribution in [3.63, 3.8) is 0 Å². The number of amides is 2. The number of carbonyl (C=O) groups is 2. The maximum atomic E-state index is 14.1. The van der Waals surface area contributed by atoms with Gasteiger partial charge >= 0.3 is 0 Å². The lowest BCUT2D eigenvalue weighted by atomic mass is 9.85. The molecule has 2 aromatic heterocycles. The minimum Gasteiger partial charge on any atom is -0.390 e. The van der Waals surface area contributed by atoms with Crippen molar-refractivity contribution >= 4 is 48.5 Å². The molecule has 1 saturated carbocycles. The van der Waals surface area contributed by atoms with Gasteiger partial charge in [0.25, 0.3) is 0 Å². The molecule has 12 nitrogen and oxygen atoms in total. The van der Waals surface area contributed by atoms with E-state index in [9.17, 15) is 23.1 Å². The second-order valence-electron chi connectivity index (χ2n) is 14.8. The third kappa shape index (κ3) is 9.69. The fourth-order valence-corrected chi connectivity index (χ4v) is 8.64. The summed E-state index contributed by atoms with van der Waals surface area (Å²) >= 11 is 1.20. The van der Waals surface area contributed by atoms with E-state index in [4.69, 9.17) is 5.73 Å². The predicted octanol–water partition coefficient (Wildman–Crippen LogP) is 3.82. The molecule has 3 atom stereocenters. The summed E-state index contributed by atoms with van der Waals surface area (Å²) in [5.41, 5.74) is 7.34. The highest BCUT2D eigenvalue weighted by molar-refractivity contribution is 7.89. The first-order valence-electron chi connectivity index (χ1n) is 17.2. The van der Waals surface area contributed by atoms with Crippen molar-refractivity contribution in [2.75, 3.05) is 25.4 Å². The molecule has 2 aromatic carbocycles. The van der Waals surface area contributed by atoms with Gasteiger partial charge in [-0.3, -0.25) is 19.9 Å². The Balaban J connectivity index is 1.34. The first-order chi connectivity index (χ1) is 24.1. The number of hydrogen-bond acceptors (Lipinski definition) is 10. The summed E-state index contributed by atoms with van der Waals surface area (Å²) < 4.78 is 30.0. The Morgan fingerprint density at radius 3 is 2.39 bits per heavy atom. The minimum atomic E-state index is -4.07. The van der Waals surface area contributed by atoms with E-state index < -0.39 is 39.5 Å². The third-order valence-corrected chi connectivity index (χ3v) is 11.7. The van der Waals surface area contributed by atoms with E-state index in [0.29, 0.717) is 15.3 Å². The molecule has 0 radical (unpaired) electrons. The van der Waals surface area contributed by atoms with Gasteiger partial charge in [-0.2, -0.15) is 4.31 Å². The summed E-state index contributed by atoms with van der Waals surface area (Å²) in [5.74, 6) is -0.871. The summed E-state index contributed by atoms with van der Waals surface area (Å²) in [7, 11) is -4.07. The van der Waals surface area contributed by atoms with Crippen LogP contribution in [0.5, 0.6) is 0 Å². The smallest absolute Gasteiger partial charge is 0.243 e. The molecule has 1 aliphatic carbocycles. The molecule has 0 bridgehead atoms. The molecular weight excluding hydrogens is 687 g/mol. The number of benzene rings is 2. The number of nitrogens with two attached hydrogens (primary N) is 1. The van der Waals surface area contributed by atoms with Gasteiger partial charge in [0.05, 0.1) is 33.8 Å². The van der Waals surface area contributed by atoms with Crippen LogP contribution in [-0.4, -0.2) is 77.4 Å². The Hall–Kier alpha value is -3.95. The Labute approximate surface area is 304 Å². The lowest BCUT2D eigenvalue weighted by Gasteiger charge is -2.34. The van der Waals surface area contributed by atoms with Gasteiger partial charge < -0.3 is 21.5 Å². The maximum Gasteiger partial charge on any atom is 0.243 e. The molecule has 4 aromatic rings. The van der Waals surface area contributed by atoms with Crippen LogP contribution in [0.25, 0.3) is 10.2 Å². The van der Waals surface area contributed by atoms with Gasteiger partial charge in [0.15, 0.2) is 5.13 Å². The normalized spacial score (nSPS) is 16.2. The predicted molar refractivity (Wildman–Crippen MR) is 200 cm³/mol. The average Bonchev–Trinajstić information content (AvgIpc) is 3.78. The fourth-order valence-electron chi connectivity index (χ4n) is 6.14. The molecular formula is C37H49N7O5S2. The molecule has 6 N–H and O–H groups in total. The lowest BCUT2D eigenvalue weighted by Crippen LogP contribution is -2.59. The van der Waals surface area contributed by atoms with Crippen LogP contribution in [-0.2, 0) is 31.6 Å². The van der Waals surface area contributed by atoms with Gasteiger partial charge in [-0.15, -0.1) is 0 Å². The highest BCUT2D eigenvalue weighted by Crippen LogP contribution is 2.45. The maximum absolute atomic E-state index is 14.1. The number of carbonyl (C=O) groups excluding carboxylic acids is 2. The highest BCUT2D eigenvalue weighted by atomic mass is 32.2. The topological polar surface area (TPSA) is 180 Å². The van der Waals surface area contributed by atoms with Crippen molar-refractivity contribution in [3.8, 4) is 0 Å². The molecule has 2 heterocycles. The number of aliphatic hydroxyl groups excluding tert-OH is 1. The summed E-state index contributed by atoms with van der Waals surface area (Å²) in [4.78, 5) is 35.9. The van der Waals surface area contributed by atoms with E-state index in [1.807, 2.05) is 77.1 Å². The van der Waals surface area contributed by atoms with Crippen molar-refractivity contribution < 1.29 is 23.1 Å². The summed E-state index contributed by atoms with van der Waals surface area (Å²) in [5, 5.41) is 21.4. The molecule has 0 saturated heterocycles. The van der Waals surface area contributed by atoms with Crippen LogP contribution >= 0.6 is 11.3 Å². The third-order valence-electron chi connectivity index (χ3n) is 9.05. The second-order valence-corrected chi connectivity index (χ2v) is 17.8. The van der Waals surface area contributed by atoms with Crippen molar-refractivity contribution in [3.05, 3.63) is 84.2 Å². The Kier molecular flexibility index (Phi) is 11.8. The largest absolute Gasteiger partial charge is 0.390 e. The molecule has 51 heavy (non-hydrogen) atoms. The molecule has 3 unspecified atom stereocenters. The Morgan fingerprint density at radius 1 is 1.04 bits per heavy atom. The number of pyridine rings is 1. The number of sulfonamides is 1. The number of aromatic nitrogens is 2. The SMILES string of the molecule is CC(C)CN(CC(O)C(Cc1ccccc1)NC(=O)C(NC(=O)CNC1(c2cccnc2)CC1)C(C)(C)C)S(=O)(=O)c1ccc2nc(N)sc2c1. The number of fused-ring (bicyclic) bond motifs is 1. The zero-order valence-electron chi connectivity index (χ0n) is 29.8. The zero-order chi connectivity index (χ0) is 37.0. The lowest BCUT2D eigenvalue weighted by molar-refractivity contribution is -0.132. The molecule has 14 heteroatoms. The number of nitrogens with one attached hydrogen (secondary N) is 3. The van der Waals surface area contributed by atoms with Crippen molar-refractivity contribution in [2.24, 2.45) is 11.3 Å². The van der Waals surface area contributed by atoms with E-state index in [-0.39, 0.29) is 48.3 Å². The van der Waals surface area contributed by atoms with E-state index in [0.717, 1.165) is 24.0 Å². The van der Waals surface area contributed by atoms with E-state index in [1.54, 1.807) is 24.5 Å². The molecule has 1 aliphatic rings. The molecule has 2 amide bonds. The van der Waals surface area contributed by atoms with Crippen LogP contribution in [0.1, 0.15) is 58.6 Å². The van der Waals surface area contributed by atoms with Crippen LogP contribution in [0.2, 0.25) is 0 Å². The summed E-state index contributed by atoms with van der Waals surface area (Å²) in [6, 6.07) is 16.1. The van der Waals surface area contributed by atoms with Crippen molar-refractivity contribution in [1.82, 2.24) is 30.2 Å². The molecule has 0 spiro atoms. The van der Waals surface area contributed by atoms with Gasteiger partial charge in [-0.1, -0.05) is 82.4 Å². The number of rotatable bonds is 16. The number of aliphatic hydroxyl groups is 1. The Bertz CT molecular complexity index is 1910. The number of hydrogen-bond donors (Lipinski definition) is 5. The van der Waals surface area contributed by atoms with Crippen LogP contribution < -0.4 is 21.7 Å². The zero-order valence-corrected chi connectivity index (χ0v) is 31.4. The number of thiazole rings is 1. The second kappa shape index (κ2) is 15.7.